The molecule has 1 aliphatic rings. The Morgan fingerprint density at radius 1 is 1.41 bits per heavy atom. The van der Waals surface area contributed by atoms with Crippen LogP contribution in [0.4, 0.5) is 5.69 Å². The topological polar surface area (TPSA) is 32.3 Å². The van der Waals surface area contributed by atoms with Crippen molar-refractivity contribution in [3.8, 4) is 0 Å². The zero-order chi connectivity index (χ0) is 12.1. The molecule has 2 rings (SSSR count). The summed E-state index contributed by atoms with van der Waals surface area (Å²) in [5.74, 6) is -0.0788. The average molecular weight is 230 g/mol. The number of hydrogen-bond donors (Lipinski definition) is 1. The molecule has 0 aliphatic carbocycles. The Labute approximate surface area is 102 Å². The molecule has 1 aromatic rings. The van der Waals surface area contributed by atoms with Crippen LogP contribution in [0, 0.1) is 0 Å². The molecule has 1 aliphatic heterocycles. The minimum absolute atomic E-state index is 0.0788. The van der Waals surface area contributed by atoms with Crippen LogP contribution in [-0.2, 0) is 4.79 Å². The van der Waals surface area contributed by atoms with Crippen molar-refractivity contribution in [1.82, 2.24) is 5.32 Å². The number of hydrogen-bond acceptors (Lipinski definition) is 2. The molecule has 1 aromatic carbocycles. The molecule has 1 atom stereocenters. The Morgan fingerprint density at radius 3 is 2.88 bits per heavy atom. The Bertz CT molecular complexity index is 388. The van der Waals surface area contributed by atoms with Gasteiger partial charge in [-0.2, -0.15) is 0 Å². The number of rotatable bonds is 3. The van der Waals surface area contributed by atoms with E-state index in [0.29, 0.717) is 0 Å². The molecule has 3 nitrogen and oxygen atoms in total. The molecule has 0 saturated carbocycles. The minimum atomic E-state index is -0.0788. The standard InChI is InChI=1S/C14H18N2O/c1-2-14(17)15-12-7-6-10-16(11-12)13-8-4-3-5-9-13/h2-5,8-9,12H,1,6-7,10-11H2,(H,15,17). The summed E-state index contributed by atoms with van der Waals surface area (Å²) in [5, 5.41) is 2.97. The van der Waals surface area contributed by atoms with Crippen molar-refractivity contribution in [2.75, 3.05) is 18.0 Å². The van der Waals surface area contributed by atoms with Gasteiger partial charge in [-0.15, -0.1) is 0 Å². The second-order valence-corrected chi connectivity index (χ2v) is 4.33. The van der Waals surface area contributed by atoms with Crippen molar-refractivity contribution in [2.24, 2.45) is 0 Å². The Balaban J connectivity index is 1.97. The van der Waals surface area contributed by atoms with Crippen molar-refractivity contribution in [2.45, 2.75) is 18.9 Å². The van der Waals surface area contributed by atoms with Crippen LogP contribution in [0.3, 0.4) is 0 Å². The van der Waals surface area contributed by atoms with Crippen LogP contribution in [0.1, 0.15) is 12.8 Å². The van der Waals surface area contributed by atoms with E-state index in [-0.39, 0.29) is 11.9 Å². The van der Waals surface area contributed by atoms with E-state index in [1.165, 1.54) is 11.8 Å². The minimum Gasteiger partial charge on any atom is -0.369 e. The highest BCUT2D eigenvalue weighted by molar-refractivity contribution is 5.87. The zero-order valence-electron chi connectivity index (χ0n) is 9.93. The first-order valence-electron chi connectivity index (χ1n) is 6.02. The molecule has 90 valence electrons. The molecule has 3 heteroatoms. The van der Waals surface area contributed by atoms with Crippen molar-refractivity contribution in [3.63, 3.8) is 0 Å². The second-order valence-electron chi connectivity index (χ2n) is 4.33. The van der Waals surface area contributed by atoms with Crippen molar-refractivity contribution in [3.05, 3.63) is 43.0 Å². The largest absolute Gasteiger partial charge is 0.369 e. The third kappa shape index (κ3) is 3.09. The van der Waals surface area contributed by atoms with Gasteiger partial charge < -0.3 is 10.2 Å². The highest BCUT2D eigenvalue weighted by atomic mass is 16.1. The van der Waals surface area contributed by atoms with Crippen LogP contribution in [-0.4, -0.2) is 25.0 Å². The van der Waals surface area contributed by atoms with E-state index in [1.807, 2.05) is 18.2 Å². The molecule has 0 aromatic heterocycles. The summed E-state index contributed by atoms with van der Waals surface area (Å²) in [4.78, 5) is 13.6. The van der Waals surface area contributed by atoms with Gasteiger partial charge in [0.1, 0.15) is 0 Å². The van der Waals surface area contributed by atoms with Crippen LogP contribution < -0.4 is 10.2 Å². The summed E-state index contributed by atoms with van der Waals surface area (Å²) in [6, 6.07) is 10.6. The summed E-state index contributed by atoms with van der Waals surface area (Å²) < 4.78 is 0. The number of para-hydroxylation sites is 1. The molecule has 1 N–H and O–H groups in total. The number of piperidine rings is 1. The van der Waals surface area contributed by atoms with Crippen LogP contribution in [0.25, 0.3) is 0 Å². The molecule has 17 heavy (non-hydrogen) atoms. The lowest BCUT2D eigenvalue weighted by molar-refractivity contribution is -0.117. The van der Waals surface area contributed by atoms with Gasteiger partial charge in [0, 0.05) is 24.8 Å². The summed E-state index contributed by atoms with van der Waals surface area (Å²) in [6.45, 7) is 5.42. The van der Waals surface area contributed by atoms with E-state index in [2.05, 4.69) is 28.9 Å². The molecule has 1 saturated heterocycles. The Kier molecular flexibility index (Phi) is 3.81. The van der Waals surface area contributed by atoms with Gasteiger partial charge in [0.15, 0.2) is 0 Å². The maximum absolute atomic E-state index is 11.3. The predicted molar refractivity (Wildman–Crippen MR) is 70.0 cm³/mol. The molecule has 1 heterocycles. The fraction of sp³-hybridized carbons (Fsp3) is 0.357. The zero-order valence-corrected chi connectivity index (χ0v) is 9.93. The Morgan fingerprint density at radius 2 is 2.18 bits per heavy atom. The summed E-state index contributed by atoms with van der Waals surface area (Å²) >= 11 is 0. The van der Waals surface area contributed by atoms with Crippen LogP contribution >= 0.6 is 0 Å². The van der Waals surface area contributed by atoms with Gasteiger partial charge in [-0.25, -0.2) is 0 Å². The third-order valence-corrected chi connectivity index (χ3v) is 3.07. The van der Waals surface area contributed by atoms with Gasteiger partial charge in [0.05, 0.1) is 0 Å². The number of carbonyl (C=O) groups is 1. The number of anilines is 1. The first-order valence-corrected chi connectivity index (χ1v) is 6.02. The fourth-order valence-corrected chi connectivity index (χ4v) is 2.23. The van der Waals surface area contributed by atoms with Gasteiger partial charge in [0.25, 0.3) is 0 Å². The quantitative estimate of drug-likeness (QED) is 0.805. The SMILES string of the molecule is C=CC(=O)NC1CCCN(c2ccccc2)C1. The van der Waals surface area contributed by atoms with E-state index >= 15 is 0 Å². The average Bonchev–Trinajstić information content (AvgIpc) is 2.40. The van der Waals surface area contributed by atoms with E-state index in [0.717, 1.165) is 25.9 Å². The van der Waals surface area contributed by atoms with Gasteiger partial charge in [-0.3, -0.25) is 4.79 Å². The maximum atomic E-state index is 11.3. The summed E-state index contributed by atoms with van der Waals surface area (Å²) in [5.41, 5.74) is 1.23. The van der Waals surface area contributed by atoms with E-state index in [4.69, 9.17) is 0 Å². The first-order chi connectivity index (χ1) is 8.29. The van der Waals surface area contributed by atoms with Crippen molar-refractivity contribution in [1.29, 1.82) is 0 Å². The number of amides is 1. The van der Waals surface area contributed by atoms with E-state index in [1.54, 1.807) is 0 Å². The number of carbonyl (C=O) groups excluding carboxylic acids is 1. The van der Waals surface area contributed by atoms with Gasteiger partial charge in [0.2, 0.25) is 5.91 Å². The molecular weight excluding hydrogens is 212 g/mol. The maximum Gasteiger partial charge on any atom is 0.243 e. The first kappa shape index (κ1) is 11.7. The Hall–Kier alpha value is -1.77. The molecule has 1 fully saturated rings. The van der Waals surface area contributed by atoms with E-state index < -0.39 is 0 Å². The van der Waals surface area contributed by atoms with Crippen LogP contribution in [0.5, 0.6) is 0 Å². The van der Waals surface area contributed by atoms with Crippen LogP contribution in [0.15, 0.2) is 43.0 Å². The van der Waals surface area contributed by atoms with Crippen LogP contribution in [0.2, 0.25) is 0 Å². The second kappa shape index (κ2) is 5.53. The number of benzene rings is 1. The van der Waals surface area contributed by atoms with Gasteiger partial charge in [-0.05, 0) is 31.1 Å². The van der Waals surface area contributed by atoms with Crippen molar-refractivity contribution < 1.29 is 4.79 Å². The number of nitrogens with zero attached hydrogens (tertiary/aromatic N) is 1. The predicted octanol–water partition coefficient (Wildman–Crippen LogP) is 1.96. The van der Waals surface area contributed by atoms with E-state index in [9.17, 15) is 4.79 Å². The lowest BCUT2D eigenvalue weighted by Crippen LogP contribution is -2.47. The smallest absolute Gasteiger partial charge is 0.243 e. The van der Waals surface area contributed by atoms with Crippen molar-refractivity contribution >= 4 is 11.6 Å². The molecule has 0 bridgehead atoms. The lowest BCUT2D eigenvalue weighted by atomic mass is 10.0. The molecular formula is C14H18N2O. The highest BCUT2D eigenvalue weighted by Gasteiger charge is 2.20. The highest BCUT2D eigenvalue weighted by Crippen LogP contribution is 2.19. The summed E-state index contributed by atoms with van der Waals surface area (Å²) in [7, 11) is 0. The third-order valence-electron chi connectivity index (χ3n) is 3.07. The molecule has 1 unspecified atom stereocenters. The monoisotopic (exact) mass is 230 g/mol. The molecule has 0 radical (unpaired) electrons. The lowest BCUT2D eigenvalue weighted by Gasteiger charge is -2.34. The normalized spacial score (nSPS) is 19.8. The molecule has 0 spiro atoms. The number of nitrogens with one attached hydrogen (secondary N) is 1. The van der Waals surface area contributed by atoms with Gasteiger partial charge >= 0.3 is 0 Å². The summed E-state index contributed by atoms with van der Waals surface area (Å²) in [6.07, 6.45) is 3.49. The van der Waals surface area contributed by atoms with Gasteiger partial charge in [-0.1, -0.05) is 24.8 Å². The molecule has 1 amide bonds. The fourth-order valence-electron chi connectivity index (χ4n) is 2.23.